The average molecular weight is 340 g/mol. The van der Waals surface area contributed by atoms with E-state index < -0.39 is 0 Å². The van der Waals surface area contributed by atoms with Crippen molar-refractivity contribution in [3.8, 4) is 11.3 Å². The summed E-state index contributed by atoms with van der Waals surface area (Å²) in [5, 5.41) is 6.46. The molecule has 4 rings (SSSR count). The van der Waals surface area contributed by atoms with Crippen LogP contribution in [0.15, 0.2) is 88.4 Å². The third kappa shape index (κ3) is 3.38. The molecule has 4 aromatic rings. The minimum atomic E-state index is 0.803. The van der Waals surface area contributed by atoms with E-state index in [4.69, 9.17) is 4.42 Å². The second kappa shape index (κ2) is 6.89. The number of rotatable bonds is 3. The molecule has 0 unspecified atom stereocenters. The highest BCUT2D eigenvalue weighted by Gasteiger charge is 2.06. The van der Waals surface area contributed by atoms with Crippen molar-refractivity contribution in [2.45, 2.75) is 13.8 Å². The van der Waals surface area contributed by atoms with Gasteiger partial charge < -0.3 is 4.42 Å². The number of aryl methyl sites for hydroxylation is 2. The summed E-state index contributed by atoms with van der Waals surface area (Å²) >= 11 is 0. The number of fused-ring (bicyclic) bond motifs is 1. The Balaban J connectivity index is 1.88. The number of anilines is 1. The largest absolute Gasteiger partial charge is 0.456 e. The summed E-state index contributed by atoms with van der Waals surface area (Å²) in [6.45, 7) is 4.14. The molecule has 0 atom stereocenters. The number of nitrogens with zero attached hydrogens (tertiary/aromatic N) is 1. The first-order valence-electron chi connectivity index (χ1n) is 8.65. The first kappa shape index (κ1) is 16.2. The quantitative estimate of drug-likeness (QED) is 0.490. The van der Waals surface area contributed by atoms with Crippen LogP contribution in [0.25, 0.3) is 22.3 Å². The molecule has 0 aliphatic heterocycles. The molecule has 0 saturated heterocycles. The monoisotopic (exact) mass is 340 g/mol. The van der Waals surface area contributed by atoms with Crippen LogP contribution in [0.2, 0.25) is 0 Å². The van der Waals surface area contributed by atoms with Crippen molar-refractivity contribution in [1.29, 1.82) is 0 Å². The van der Waals surface area contributed by atoms with E-state index in [0.717, 1.165) is 38.9 Å². The van der Waals surface area contributed by atoms with E-state index in [9.17, 15) is 0 Å². The fourth-order valence-corrected chi connectivity index (χ4v) is 2.87. The van der Waals surface area contributed by atoms with Gasteiger partial charge in [-0.15, -0.1) is 0 Å². The maximum atomic E-state index is 6.17. The van der Waals surface area contributed by atoms with Gasteiger partial charge in [0.05, 0.1) is 11.0 Å². The molecule has 128 valence electrons. The lowest BCUT2D eigenvalue weighted by molar-refractivity contribution is 0.618. The van der Waals surface area contributed by atoms with E-state index in [1.165, 1.54) is 5.56 Å². The van der Waals surface area contributed by atoms with Crippen molar-refractivity contribution in [2.75, 3.05) is 5.43 Å². The molecule has 0 spiro atoms. The van der Waals surface area contributed by atoms with Gasteiger partial charge in [0.15, 0.2) is 0 Å². The van der Waals surface area contributed by atoms with E-state index >= 15 is 0 Å². The molecular weight excluding hydrogens is 320 g/mol. The third-order valence-electron chi connectivity index (χ3n) is 4.32. The Hall–Kier alpha value is -3.33. The number of benzene rings is 3. The number of hydrogen-bond acceptors (Lipinski definition) is 3. The van der Waals surface area contributed by atoms with Crippen LogP contribution in [-0.2, 0) is 0 Å². The van der Waals surface area contributed by atoms with Gasteiger partial charge in [-0.3, -0.25) is 5.43 Å². The summed E-state index contributed by atoms with van der Waals surface area (Å²) in [5.74, 6) is 0.803. The van der Waals surface area contributed by atoms with Crippen LogP contribution in [0.1, 0.15) is 11.1 Å². The highest BCUT2D eigenvalue weighted by molar-refractivity contribution is 5.79. The van der Waals surface area contributed by atoms with Gasteiger partial charge in [-0.05, 0) is 43.7 Å². The molecule has 3 heteroatoms. The van der Waals surface area contributed by atoms with E-state index in [1.807, 2.05) is 36.4 Å². The van der Waals surface area contributed by atoms with Crippen LogP contribution < -0.4 is 10.8 Å². The Kier molecular flexibility index (Phi) is 4.28. The summed E-state index contributed by atoms with van der Waals surface area (Å²) < 4.78 is 6.17. The lowest BCUT2D eigenvalue weighted by Gasteiger charge is -2.07. The summed E-state index contributed by atoms with van der Waals surface area (Å²) in [7, 11) is 0. The van der Waals surface area contributed by atoms with E-state index in [-0.39, 0.29) is 0 Å². The molecule has 0 aliphatic carbocycles. The molecule has 3 aromatic carbocycles. The van der Waals surface area contributed by atoms with Crippen molar-refractivity contribution in [3.05, 3.63) is 95.3 Å². The second-order valence-electron chi connectivity index (χ2n) is 6.45. The Morgan fingerprint density at radius 1 is 0.769 bits per heavy atom. The van der Waals surface area contributed by atoms with Crippen LogP contribution in [-0.4, -0.2) is 0 Å². The maximum absolute atomic E-state index is 6.17. The van der Waals surface area contributed by atoms with Crippen molar-refractivity contribution in [2.24, 2.45) is 5.10 Å². The van der Waals surface area contributed by atoms with Gasteiger partial charge in [0, 0.05) is 17.0 Å². The van der Waals surface area contributed by atoms with Gasteiger partial charge in [-0.2, -0.15) is 5.10 Å². The Morgan fingerprint density at radius 2 is 1.50 bits per heavy atom. The van der Waals surface area contributed by atoms with Gasteiger partial charge >= 0.3 is 0 Å². The number of hydrogen-bond donors (Lipinski definition) is 1. The lowest BCUT2D eigenvalue weighted by Crippen LogP contribution is -2.07. The van der Waals surface area contributed by atoms with Crippen molar-refractivity contribution in [3.63, 3.8) is 0 Å². The fourth-order valence-electron chi connectivity index (χ4n) is 2.87. The first-order valence-corrected chi connectivity index (χ1v) is 8.65. The van der Waals surface area contributed by atoms with Crippen molar-refractivity contribution >= 4 is 16.7 Å². The summed E-state index contributed by atoms with van der Waals surface area (Å²) in [6.07, 6.45) is 0. The first-order chi connectivity index (χ1) is 12.7. The Bertz CT molecular complexity index is 1110. The molecule has 1 heterocycles. The smallest absolute Gasteiger partial charge is 0.137 e. The summed E-state index contributed by atoms with van der Waals surface area (Å²) in [4.78, 5) is 0. The fraction of sp³-hybridized carbons (Fsp3) is 0.0870. The zero-order valence-corrected chi connectivity index (χ0v) is 14.9. The topological polar surface area (TPSA) is 37.5 Å². The Labute approximate surface area is 152 Å². The molecule has 26 heavy (non-hydrogen) atoms. The van der Waals surface area contributed by atoms with Crippen LogP contribution in [0.5, 0.6) is 0 Å². The van der Waals surface area contributed by atoms with E-state index in [2.05, 4.69) is 66.8 Å². The highest BCUT2D eigenvalue weighted by Crippen LogP contribution is 2.23. The molecule has 1 N–H and O–H groups in total. The maximum Gasteiger partial charge on any atom is 0.137 e. The van der Waals surface area contributed by atoms with Crippen molar-refractivity contribution in [1.82, 2.24) is 0 Å². The molecule has 1 aromatic heterocycles. The molecular formula is C23H20N2O. The normalized spacial score (nSPS) is 11.7. The number of nitrogens with one attached hydrogen (secondary N) is 1. The molecule has 3 nitrogen and oxygen atoms in total. The molecule has 0 bridgehead atoms. The van der Waals surface area contributed by atoms with Gasteiger partial charge in [0.1, 0.15) is 11.3 Å². The van der Waals surface area contributed by atoms with Crippen molar-refractivity contribution < 1.29 is 4.42 Å². The molecule has 0 aliphatic rings. The van der Waals surface area contributed by atoms with Crippen LogP contribution >= 0.6 is 0 Å². The minimum absolute atomic E-state index is 0.803. The lowest BCUT2D eigenvalue weighted by atomic mass is 10.1. The molecule has 0 amide bonds. The van der Waals surface area contributed by atoms with Gasteiger partial charge in [0.25, 0.3) is 0 Å². The van der Waals surface area contributed by atoms with E-state index in [1.54, 1.807) is 0 Å². The summed E-state index contributed by atoms with van der Waals surface area (Å²) in [6, 6.07) is 26.4. The predicted molar refractivity (Wildman–Crippen MR) is 107 cm³/mol. The third-order valence-corrected chi connectivity index (χ3v) is 4.32. The zero-order chi connectivity index (χ0) is 17.9. The number of para-hydroxylation sites is 1. The van der Waals surface area contributed by atoms with Gasteiger partial charge in [-0.1, -0.05) is 54.1 Å². The van der Waals surface area contributed by atoms with Crippen LogP contribution in [0.4, 0.5) is 5.69 Å². The van der Waals surface area contributed by atoms with Crippen LogP contribution in [0.3, 0.4) is 0 Å². The molecule has 0 fully saturated rings. The average Bonchev–Trinajstić information content (AvgIpc) is 2.67. The van der Waals surface area contributed by atoms with Gasteiger partial charge in [0.2, 0.25) is 0 Å². The van der Waals surface area contributed by atoms with E-state index in [0.29, 0.717) is 0 Å². The highest BCUT2D eigenvalue weighted by atomic mass is 16.3. The molecule has 0 saturated carbocycles. The second-order valence-corrected chi connectivity index (χ2v) is 6.45. The zero-order valence-electron chi connectivity index (χ0n) is 14.9. The van der Waals surface area contributed by atoms with Crippen LogP contribution in [0, 0.1) is 13.8 Å². The standard InChI is InChI=1S/C23H20N2O/c1-16-8-11-18(12-9-16)22-15-21(25-24-19-6-4-3-5-7-19)20-13-10-17(2)14-23(20)26-22/h3-15,24H,1-2H3/b25-21+. The minimum Gasteiger partial charge on any atom is -0.456 e. The molecule has 0 radical (unpaired) electrons. The SMILES string of the molecule is Cc1ccc(-c2c/c(=N\Nc3ccccc3)c3ccc(C)cc3o2)cc1. The summed E-state index contributed by atoms with van der Waals surface area (Å²) in [5.41, 5.74) is 8.34. The Morgan fingerprint density at radius 3 is 2.27 bits per heavy atom. The van der Waals surface area contributed by atoms with Gasteiger partial charge in [-0.25, -0.2) is 0 Å². The predicted octanol–water partition coefficient (Wildman–Crippen LogP) is 5.64.